The van der Waals surface area contributed by atoms with Crippen LogP contribution in [0.3, 0.4) is 0 Å². The van der Waals surface area contributed by atoms with Crippen LogP contribution < -0.4 is 5.73 Å². The van der Waals surface area contributed by atoms with Gasteiger partial charge in [0, 0.05) is 5.38 Å². The van der Waals surface area contributed by atoms with Gasteiger partial charge < -0.3 is 5.73 Å². The fourth-order valence-electron chi connectivity index (χ4n) is 0.615. The molecule has 4 nitrogen and oxygen atoms in total. The van der Waals surface area contributed by atoms with Gasteiger partial charge in [-0.1, -0.05) is 11.6 Å². The number of carbonyl (C=O) groups excluding carboxylic acids is 2. The van der Waals surface area contributed by atoms with E-state index in [1.807, 2.05) is 0 Å². The number of nitrogens with zero attached hydrogens (tertiary/aromatic N) is 1. The number of hydrogen-bond donors (Lipinski definition) is 1. The van der Waals surface area contributed by atoms with Crippen molar-refractivity contribution in [2.24, 2.45) is 5.73 Å². The predicted molar refractivity (Wildman–Crippen MR) is 45.0 cm³/mol. The van der Waals surface area contributed by atoms with Crippen molar-refractivity contribution < 1.29 is 9.59 Å². The SMILES string of the molecule is NC(=O)C(=O)Cc1csc(Cl)n1. The molecule has 1 amide bonds. The number of nitrogens with two attached hydrogens (primary N) is 1. The zero-order valence-electron chi connectivity index (χ0n) is 5.91. The van der Waals surface area contributed by atoms with E-state index in [2.05, 4.69) is 4.98 Å². The Labute approximate surface area is 77.4 Å². The van der Waals surface area contributed by atoms with Crippen LogP contribution in [0, 0.1) is 0 Å². The molecular weight excluding hydrogens is 200 g/mol. The second kappa shape index (κ2) is 3.64. The summed E-state index contributed by atoms with van der Waals surface area (Å²) in [5.41, 5.74) is 5.23. The molecule has 1 rings (SSSR count). The van der Waals surface area contributed by atoms with Crippen molar-refractivity contribution in [2.75, 3.05) is 0 Å². The normalized spacial score (nSPS) is 9.75. The van der Waals surface area contributed by atoms with Crippen molar-refractivity contribution in [3.63, 3.8) is 0 Å². The van der Waals surface area contributed by atoms with Crippen LogP contribution in [-0.2, 0) is 16.0 Å². The van der Waals surface area contributed by atoms with Gasteiger partial charge in [-0.05, 0) is 0 Å². The summed E-state index contributed by atoms with van der Waals surface area (Å²) >= 11 is 6.71. The van der Waals surface area contributed by atoms with Gasteiger partial charge in [-0.3, -0.25) is 9.59 Å². The minimum Gasteiger partial charge on any atom is -0.363 e. The lowest BCUT2D eigenvalue weighted by Crippen LogP contribution is -2.24. The number of Topliss-reactive ketones (excluding diaryl/α,β-unsaturated/α-hetero) is 1. The van der Waals surface area contributed by atoms with Crippen LogP contribution in [0.2, 0.25) is 4.47 Å². The number of halogens is 1. The van der Waals surface area contributed by atoms with Crippen molar-refractivity contribution in [2.45, 2.75) is 6.42 Å². The standard InChI is InChI=1S/C6H5ClN2O2S/c7-6-9-3(2-12-6)1-4(10)5(8)11/h2H,1H2,(H2,8,11). The van der Waals surface area contributed by atoms with E-state index in [4.69, 9.17) is 17.3 Å². The highest BCUT2D eigenvalue weighted by atomic mass is 35.5. The maximum absolute atomic E-state index is 10.8. The van der Waals surface area contributed by atoms with Gasteiger partial charge in [0.05, 0.1) is 12.1 Å². The third kappa shape index (κ3) is 2.28. The fraction of sp³-hybridized carbons (Fsp3) is 0.167. The summed E-state index contributed by atoms with van der Waals surface area (Å²) in [4.78, 5) is 24.9. The second-order valence-electron chi connectivity index (χ2n) is 2.06. The Morgan fingerprint density at radius 2 is 2.33 bits per heavy atom. The van der Waals surface area contributed by atoms with Crippen molar-refractivity contribution in [3.05, 3.63) is 15.5 Å². The second-order valence-corrected chi connectivity index (χ2v) is 3.50. The highest BCUT2D eigenvalue weighted by Crippen LogP contribution is 2.15. The number of aromatic nitrogens is 1. The van der Waals surface area contributed by atoms with E-state index < -0.39 is 11.7 Å². The molecule has 1 aromatic heterocycles. The Hall–Kier alpha value is -0.940. The van der Waals surface area contributed by atoms with Crippen LogP contribution in [0.15, 0.2) is 5.38 Å². The number of primary amides is 1. The molecule has 1 aromatic rings. The monoisotopic (exact) mass is 204 g/mol. The van der Waals surface area contributed by atoms with Gasteiger partial charge in [0.15, 0.2) is 4.47 Å². The molecule has 0 saturated heterocycles. The molecule has 0 fully saturated rings. The molecule has 0 aliphatic rings. The Balaban J connectivity index is 2.64. The Bertz CT molecular complexity index is 323. The molecule has 0 bridgehead atoms. The van der Waals surface area contributed by atoms with Crippen LogP contribution in [0.5, 0.6) is 0 Å². The molecule has 0 aliphatic carbocycles. The number of amides is 1. The Kier molecular flexibility index (Phi) is 2.78. The molecule has 64 valence electrons. The summed E-state index contributed by atoms with van der Waals surface area (Å²) in [6.45, 7) is 0. The smallest absolute Gasteiger partial charge is 0.285 e. The summed E-state index contributed by atoms with van der Waals surface area (Å²) in [7, 11) is 0. The first-order chi connectivity index (χ1) is 5.59. The summed E-state index contributed by atoms with van der Waals surface area (Å²) in [5.74, 6) is -1.60. The third-order valence-corrected chi connectivity index (χ3v) is 2.17. The van der Waals surface area contributed by atoms with Crippen LogP contribution in [0.1, 0.15) is 5.69 Å². The number of thiazole rings is 1. The van der Waals surface area contributed by atoms with Gasteiger partial charge >= 0.3 is 0 Å². The zero-order chi connectivity index (χ0) is 9.14. The maximum Gasteiger partial charge on any atom is 0.285 e. The highest BCUT2D eigenvalue weighted by Gasteiger charge is 2.11. The lowest BCUT2D eigenvalue weighted by molar-refractivity contribution is -0.135. The molecule has 0 radical (unpaired) electrons. The third-order valence-electron chi connectivity index (χ3n) is 1.14. The lowest BCUT2D eigenvalue weighted by Gasteiger charge is -1.89. The molecule has 0 spiro atoms. The number of ketones is 1. The van der Waals surface area contributed by atoms with E-state index in [1.165, 1.54) is 11.3 Å². The van der Waals surface area contributed by atoms with Crippen molar-refractivity contribution in [1.82, 2.24) is 4.98 Å². The average molecular weight is 205 g/mol. The molecule has 12 heavy (non-hydrogen) atoms. The molecule has 0 aliphatic heterocycles. The van der Waals surface area contributed by atoms with Gasteiger partial charge in [-0.25, -0.2) is 4.98 Å². The van der Waals surface area contributed by atoms with E-state index in [0.717, 1.165) is 0 Å². The zero-order valence-corrected chi connectivity index (χ0v) is 7.48. The molecule has 1 heterocycles. The van der Waals surface area contributed by atoms with E-state index in [9.17, 15) is 9.59 Å². The van der Waals surface area contributed by atoms with Gasteiger partial charge in [0.1, 0.15) is 0 Å². The van der Waals surface area contributed by atoms with E-state index in [1.54, 1.807) is 5.38 Å². The molecule has 6 heteroatoms. The van der Waals surface area contributed by atoms with Gasteiger partial charge in [0.25, 0.3) is 5.91 Å². The minimum atomic E-state index is -0.945. The summed E-state index contributed by atoms with van der Waals surface area (Å²) < 4.78 is 0.349. The largest absolute Gasteiger partial charge is 0.363 e. The van der Waals surface area contributed by atoms with Gasteiger partial charge in [-0.15, -0.1) is 11.3 Å². The topological polar surface area (TPSA) is 73.1 Å². The van der Waals surface area contributed by atoms with Gasteiger partial charge in [0.2, 0.25) is 5.78 Å². The maximum atomic E-state index is 10.8. The number of hydrogen-bond acceptors (Lipinski definition) is 4. The van der Waals surface area contributed by atoms with E-state index in [0.29, 0.717) is 10.2 Å². The Morgan fingerprint density at radius 1 is 1.67 bits per heavy atom. The van der Waals surface area contributed by atoms with Crippen LogP contribution in [0.25, 0.3) is 0 Å². The first-order valence-electron chi connectivity index (χ1n) is 3.02. The first kappa shape index (κ1) is 9.15. The van der Waals surface area contributed by atoms with Crippen LogP contribution in [0.4, 0.5) is 0 Å². The lowest BCUT2D eigenvalue weighted by atomic mass is 10.2. The van der Waals surface area contributed by atoms with Gasteiger partial charge in [-0.2, -0.15) is 0 Å². The minimum absolute atomic E-state index is 0.0709. The Morgan fingerprint density at radius 3 is 2.75 bits per heavy atom. The van der Waals surface area contributed by atoms with Crippen molar-refractivity contribution in [1.29, 1.82) is 0 Å². The number of carbonyl (C=O) groups is 2. The summed E-state index contributed by atoms with van der Waals surface area (Å²) in [5, 5.41) is 1.61. The molecule has 0 aromatic carbocycles. The molecular formula is C6H5ClN2O2S. The molecule has 0 unspecified atom stereocenters. The van der Waals surface area contributed by atoms with Crippen molar-refractivity contribution >= 4 is 34.6 Å². The van der Waals surface area contributed by atoms with Crippen molar-refractivity contribution in [3.8, 4) is 0 Å². The molecule has 0 atom stereocenters. The van der Waals surface area contributed by atoms with E-state index >= 15 is 0 Å². The molecule has 0 saturated carbocycles. The summed E-state index contributed by atoms with van der Waals surface area (Å²) in [6.07, 6.45) is -0.0709. The summed E-state index contributed by atoms with van der Waals surface area (Å²) in [6, 6.07) is 0. The van der Waals surface area contributed by atoms with E-state index in [-0.39, 0.29) is 6.42 Å². The van der Waals surface area contributed by atoms with Crippen LogP contribution >= 0.6 is 22.9 Å². The first-order valence-corrected chi connectivity index (χ1v) is 4.28. The van der Waals surface area contributed by atoms with Crippen LogP contribution in [-0.4, -0.2) is 16.7 Å². The fourth-order valence-corrected chi connectivity index (χ4v) is 1.40. The highest BCUT2D eigenvalue weighted by molar-refractivity contribution is 7.13. The molecule has 2 N–H and O–H groups in total. The predicted octanol–water partition coefficient (Wildman–Crippen LogP) is 0.393. The number of rotatable bonds is 3. The quantitative estimate of drug-likeness (QED) is 0.724. The average Bonchev–Trinajstić information content (AvgIpc) is 2.35.